The smallest absolute Gasteiger partial charge is 0.271 e. The number of aryl methyl sites for hydroxylation is 1. The summed E-state index contributed by atoms with van der Waals surface area (Å²) in [5.41, 5.74) is 2.30. The van der Waals surface area contributed by atoms with Crippen molar-refractivity contribution in [3.05, 3.63) is 70.5 Å². The number of aromatic nitrogens is 1. The molecule has 0 aliphatic heterocycles. The Hall–Kier alpha value is -3.06. The van der Waals surface area contributed by atoms with E-state index in [9.17, 15) is 14.0 Å². The minimum atomic E-state index is -0.354. The minimum absolute atomic E-state index is 0.100. The van der Waals surface area contributed by atoms with Crippen molar-refractivity contribution in [1.29, 1.82) is 0 Å². The molecule has 1 heterocycles. The van der Waals surface area contributed by atoms with Gasteiger partial charge in [-0.05, 0) is 37.3 Å². The standard InChI is InChI=1S/C20H18FN3O2S/c1-12-18(19(26)22-11-15-5-3-4-6-17(15)21)24-20(27-12)14-7-9-16(10-8-14)23-13(2)25/h3-10H,11H2,1-2H3,(H,22,26)(H,23,25). The molecule has 3 aromatic rings. The summed E-state index contributed by atoms with van der Waals surface area (Å²) in [5, 5.41) is 6.12. The summed E-state index contributed by atoms with van der Waals surface area (Å²) < 4.78 is 13.7. The molecule has 0 saturated carbocycles. The van der Waals surface area contributed by atoms with Gasteiger partial charge in [0.15, 0.2) is 0 Å². The molecular weight excluding hydrogens is 365 g/mol. The highest BCUT2D eigenvalue weighted by atomic mass is 32.1. The first-order valence-electron chi connectivity index (χ1n) is 8.31. The summed E-state index contributed by atoms with van der Waals surface area (Å²) in [6.07, 6.45) is 0. The van der Waals surface area contributed by atoms with Crippen LogP contribution in [0.2, 0.25) is 0 Å². The lowest BCUT2D eigenvalue weighted by Crippen LogP contribution is -2.24. The van der Waals surface area contributed by atoms with Gasteiger partial charge in [-0.2, -0.15) is 0 Å². The van der Waals surface area contributed by atoms with Gasteiger partial charge in [0.2, 0.25) is 5.91 Å². The van der Waals surface area contributed by atoms with Crippen molar-refractivity contribution in [3.63, 3.8) is 0 Å². The number of thiazole rings is 1. The van der Waals surface area contributed by atoms with Crippen molar-refractivity contribution in [1.82, 2.24) is 10.3 Å². The maximum Gasteiger partial charge on any atom is 0.271 e. The molecule has 0 unspecified atom stereocenters. The number of anilines is 1. The van der Waals surface area contributed by atoms with Gasteiger partial charge in [0.05, 0.1) is 0 Å². The normalized spacial score (nSPS) is 10.5. The molecule has 0 aliphatic rings. The molecule has 0 saturated heterocycles. The Morgan fingerprint density at radius 3 is 2.48 bits per heavy atom. The summed E-state index contributed by atoms with van der Waals surface area (Å²) in [4.78, 5) is 28.7. The zero-order valence-electron chi connectivity index (χ0n) is 14.9. The Labute approximate surface area is 160 Å². The van der Waals surface area contributed by atoms with Gasteiger partial charge in [-0.1, -0.05) is 18.2 Å². The Balaban J connectivity index is 1.73. The van der Waals surface area contributed by atoms with Crippen LogP contribution >= 0.6 is 11.3 Å². The van der Waals surface area contributed by atoms with E-state index in [1.54, 1.807) is 30.3 Å². The van der Waals surface area contributed by atoms with Crippen LogP contribution in [0.3, 0.4) is 0 Å². The Morgan fingerprint density at radius 2 is 1.81 bits per heavy atom. The Bertz CT molecular complexity index is 983. The number of halogens is 1. The Morgan fingerprint density at radius 1 is 1.11 bits per heavy atom. The number of nitrogens with one attached hydrogen (secondary N) is 2. The quantitative estimate of drug-likeness (QED) is 0.695. The fraction of sp³-hybridized carbons (Fsp3) is 0.150. The third-order valence-corrected chi connectivity index (χ3v) is 4.88. The molecule has 0 atom stereocenters. The number of nitrogens with zero attached hydrogens (tertiary/aromatic N) is 1. The summed E-state index contributed by atoms with van der Waals surface area (Å²) >= 11 is 1.41. The van der Waals surface area contributed by atoms with Crippen LogP contribution in [0.25, 0.3) is 10.6 Å². The molecule has 0 bridgehead atoms. The van der Waals surface area contributed by atoms with Gasteiger partial charge in [-0.3, -0.25) is 9.59 Å². The molecule has 2 aromatic carbocycles. The number of benzene rings is 2. The van der Waals surface area contributed by atoms with E-state index in [0.29, 0.717) is 22.0 Å². The molecule has 0 fully saturated rings. The number of carbonyl (C=O) groups excluding carboxylic acids is 2. The van der Waals surface area contributed by atoms with Crippen molar-refractivity contribution in [2.24, 2.45) is 0 Å². The number of hydrogen-bond donors (Lipinski definition) is 2. The van der Waals surface area contributed by atoms with E-state index in [0.717, 1.165) is 10.4 Å². The maximum absolute atomic E-state index is 13.7. The summed E-state index contributed by atoms with van der Waals surface area (Å²) in [6, 6.07) is 13.6. The second-order valence-electron chi connectivity index (χ2n) is 5.96. The van der Waals surface area contributed by atoms with E-state index in [2.05, 4.69) is 15.6 Å². The highest BCUT2D eigenvalue weighted by Gasteiger charge is 2.16. The molecule has 0 spiro atoms. The van der Waals surface area contributed by atoms with E-state index in [-0.39, 0.29) is 24.2 Å². The van der Waals surface area contributed by atoms with Crippen LogP contribution in [0.5, 0.6) is 0 Å². The molecule has 27 heavy (non-hydrogen) atoms. The lowest BCUT2D eigenvalue weighted by Gasteiger charge is -2.05. The average Bonchev–Trinajstić information content (AvgIpc) is 3.03. The monoisotopic (exact) mass is 383 g/mol. The molecular formula is C20H18FN3O2S. The third kappa shape index (κ3) is 4.57. The lowest BCUT2D eigenvalue weighted by atomic mass is 10.2. The molecule has 0 radical (unpaired) electrons. The van der Waals surface area contributed by atoms with E-state index in [1.165, 1.54) is 24.3 Å². The van der Waals surface area contributed by atoms with Gasteiger partial charge in [-0.25, -0.2) is 9.37 Å². The molecule has 0 aliphatic carbocycles. The second kappa shape index (κ2) is 8.09. The number of hydrogen-bond acceptors (Lipinski definition) is 4. The van der Waals surface area contributed by atoms with E-state index >= 15 is 0 Å². The molecule has 2 amide bonds. The molecule has 1 aromatic heterocycles. The predicted molar refractivity (Wildman–Crippen MR) is 104 cm³/mol. The van der Waals surface area contributed by atoms with Gasteiger partial charge >= 0.3 is 0 Å². The van der Waals surface area contributed by atoms with Gasteiger partial charge in [-0.15, -0.1) is 11.3 Å². The molecule has 7 heteroatoms. The van der Waals surface area contributed by atoms with Crippen molar-refractivity contribution in [2.45, 2.75) is 20.4 Å². The van der Waals surface area contributed by atoms with Crippen molar-refractivity contribution >= 4 is 28.8 Å². The molecule has 5 nitrogen and oxygen atoms in total. The number of amides is 2. The van der Waals surface area contributed by atoms with Gasteiger partial charge < -0.3 is 10.6 Å². The summed E-state index contributed by atoms with van der Waals surface area (Å²) in [5.74, 6) is -0.831. The van der Waals surface area contributed by atoms with Crippen LogP contribution in [-0.2, 0) is 11.3 Å². The number of rotatable bonds is 5. The van der Waals surface area contributed by atoms with Gasteiger partial charge in [0, 0.05) is 35.2 Å². The van der Waals surface area contributed by atoms with Crippen LogP contribution < -0.4 is 10.6 Å². The fourth-order valence-corrected chi connectivity index (χ4v) is 3.45. The first-order chi connectivity index (χ1) is 12.9. The lowest BCUT2D eigenvalue weighted by molar-refractivity contribution is -0.114. The van der Waals surface area contributed by atoms with Crippen LogP contribution in [0.4, 0.5) is 10.1 Å². The molecule has 138 valence electrons. The highest BCUT2D eigenvalue weighted by Crippen LogP contribution is 2.28. The average molecular weight is 383 g/mol. The van der Waals surface area contributed by atoms with E-state index in [4.69, 9.17) is 0 Å². The maximum atomic E-state index is 13.7. The first-order valence-corrected chi connectivity index (χ1v) is 9.13. The SMILES string of the molecule is CC(=O)Nc1ccc(-c2nc(C(=O)NCc3ccccc3F)c(C)s2)cc1. The molecule has 3 rings (SSSR count). The number of carbonyl (C=O) groups is 2. The summed E-state index contributed by atoms with van der Waals surface area (Å²) in [6.45, 7) is 3.37. The third-order valence-electron chi connectivity index (χ3n) is 3.86. The van der Waals surface area contributed by atoms with E-state index in [1.807, 2.05) is 19.1 Å². The summed E-state index contributed by atoms with van der Waals surface area (Å²) in [7, 11) is 0. The van der Waals surface area contributed by atoms with Crippen LogP contribution in [-0.4, -0.2) is 16.8 Å². The van der Waals surface area contributed by atoms with E-state index < -0.39 is 0 Å². The van der Waals surface area contributed by atoms with Gasteiger partial charge in [0.1, 0.15) is 16.5 Å². The van der Waals surface area contributed by atoms with Crippen LogP contribution in [0, 0.1) is 12.7 Å². The zero-order chi connectivity index (χ0) is 19.4. The van der Waals surface area contributed by atoms with Crippen molar-refractivity contribution in [3.8, 4) is 10.6 Å². The largest absolute Gasteiger partial charge is 0.346 e. The van der Waals surface area contributed by atoms with Crippen molar-refractivity contribution in [2.75, 3.05) is 5.32 Å². The Kier molecular flexibility index (Phi) is 5.61. The minimum Gasteiger partial charge on any atom is -0.346 e. The molecule has 2 N–H and O–H groups in total. The van der Waals surface area contributed by atoms with Crippen LogP contribution in [0.1, 0.15) is 27.9 Å². The zero-order valence-corrected chi connectivity index (χ0v) is 15.7. The van der Waals surface area contributed by atoms with Gasteiger partial charge in [0.25, 0.3) is 5.91 Å². The predicted octanol–water partition coefficient (Wildman–Crippen LogP) is 4.15. The first kappa shape index (κ1) is 18.7. The second-order valence-corrected chi connectivity index (χ2v) is 7.16. The van der Waals surface area contributed by atoms with Crippen molar-refractivity contribution < 1.29 is 14.0 Å². The highest BCUT2D eigenvalue weighted by molar-refractivity contribution is 7.15. The van der Waals surface area contributed by atoms with Crippen LogP contribution in [0.15, 0.2) is 48.5 Å². The fourth-order valence-electron chi connectivity index (χ4n) is 2.53. The topological polar surface area (TPSA) is 71.1 Å².